The number of carbonyl (C=O) groups excluding carboxylic acids is 1. The molecule has 3 aromatic rings. The van der Waals surface area contributed by atoms with Crippen molar-refractivity contribution >= 4 is 16.8 Å². The largest absolute Gasteiger partial charge is 0.361 e. The second-order valence-electron chi connectivity index (χ2n) is 4.46. The Hall–Kier alpha value is -2.63. The second-order valence-corrected chi connectivity index (χ2v) is 4.46. The highest BCUT2D eigenvalue weighted by Crippen LogP contribution is 2.17. The molecule has 0 spiro atoms. The summed E-state index contributed by atoms with van der Waals surface area (Å²) in [6, 6.07) is 7.52. The van der Waals surface area contributed by atoms with Gasteiger partial charge in [0, 0.05) is 29.2 Å². The first kappa shape index (κ1) is 12.4. The Morgan fingerprint density at radius 3 is 3.15 bits per heavy atom. The molecule has 1 amide bonds. The second kappa shape index (κ2) is 5.16. The van der Waals surface area contributed by atoms with Gasteiger partial charge >= 0.3 is 0 Å². The van der Waals surface area contributed by atoms with Gasteiger partial charge in [-0.2, -0.15) is 0 Å². The zero-order valence-electron chi connectivity index (χ0n) is 11.1. The van der Waals surface area contributed by atoms with Gasteiger partial charge in [-0.05, 0) is 25.1 Å². The fraction of sp³-hybridized carbons (Fsp3) is 0.214. The molecule has 0 atom stereocenters. The van der Waals surface area contributed by atoms with Crippen molar-refractivity contribution < 1.29 is 4.79 Å². The van der Waals surface area contributed by atoms with Gasteiger partial charge in [0.25, 0.3) is 5.91 Å². The number of H-pyrrole nitrogens is 1. The summed E-state index contributed by atoms with van der Waals surface area (Å²) in [4.78, 5) is 15.4. The smallest absolute Gasteiger partial charge is 0.252 e. The normalized spacial score (nSPS) is 10.8. The Morgan fingerprint density at radius 1 is 1.40 bits per heavy atom. The Labute approximate surface area is 115 Å². The molecule has 3 rings (SSSR count). The molecule has 0 aliphatic rings. The number of aromatic amines is 1. The van der Waals surface area contributed by atoms with Gasteiger partial charge in [0.2, 0.25) is 0 Å². The standard InChI is InChI=1S/C14H15N5O/c1-2-19-9-17-18-13(19)8-16-14(20)11-4-3-5-12-10(11)6-7-15-12/h3-7,9,15H,2,8H2,1H3,(H,16,20). The zero-order chi connectivity index (χ0) is 13.9. The summed E-state index contributed by atoms with van der Waals surface area (Å²) in [5, 5.41) is 11.6. The number of hydrogen-bond acceptors (Lipinski definition) is 3. The van der Waals surface area contributed by atoms with E-state index in [1.165, 1.54) is 0 Å². The van der Waals surface area contributed by atoms with Gasteiger partial charge in [0.15, 0.2) is 5.82 Å². The monoisotopic (exact) mass is 269 g/mol. The minimum Gasteiger partial charge on any atom is -0.361 e. The average Bonchev–Trinajstić information content (AvgIpc) is 3.12. The predicted molar refractivity (Wildman–Crippen MR) is 75.2 cm³/mol. The maximum Gasteiger partial charge on any atom is 0.252 e. The zero-order valence-corrected chi connectivity index (χ0v) is 11.1. The third-order valence-corrected chi connectivity index (χ3v) is 3.28. The van der Waals surface area contributed by atoms with Crippen LogP contribution in [0.4, 0.5) is 0 Å². The molecular weight excluding hydrogens is 254 g/mol. The Balaban J connectivity index is 1.78. The quantitative estimate of drug-likeness (QED) is 0.757. The first-order valence-electron chi connectivity index (χ1n) is 6.50. The number of hydrogen-bond donors (Lipinski definition) is 2. The number of fused-ring (bicyclic) bond motifs is 1. The van der Waals surface area contributed by atoms with E-state index < -0.39 is 0 Å². The van der Waals surface area contributed by atoms with Crippen LogP contribution >= 0.6 is 0 Å². The highest BCUT2D eigenvalue weighted by Gasteiger charge is 2.11. The number of nitrogens with one attached hydrogen (secondary N) is 2. The van der Waals surface area contributed by atoms with E-state index in [4.69, 9.17) is 0 Å². The van der Waals surface area contributed by atoms with Crippen LogP contribution in [0.1, 0.15) is 23.1 Å². The lowest BCUT2D eigenvalue weighted by Crippen LogP contribution is -2.24. The van der Waals surface area contributed by atoms with E-state index in [-0.39, 0.29) is 5.91 Å². The minimum atomic E-state index is -0.110. The van der Waals surface area contributed by atoms with Crippen molar-refractivity contribution in [2.24, 2.45) is 0 Å². The summed E-state index contributed by atoms with van der Waals surface area (Å²) in [6.45, 7) is 3.16. The minimum absolute atomic E-state index is 0.110. The third-order valence-electron chi connectivity index (χ3n) is 3.28. The van der Waals surface area contributed by atoms with E-state index in [1.807, 2.05) is 42.0 Å². The molecule has 0 radical (unpaired) electrons. The first-order chi connectivity index (χ1) is 9.79. The van der Waals surface area contributed by atoms with Gasteiger partial charge in [-0.15, -0.1) is 10.2 Å². The van der Waals surface area contributed by atoms with Crippen molar-refractivity contribution in [1.82, 2.24) is 25.1 Å². The van der Waals surface area contributed by atoms with E-state index >= 15 is 0 Å². The number of carbonyl (C=O) groups is 1. The van der Waals surface area contributed by atoms with E-state index in [0.717, 1.165) is 23.3 Å². The fourth-order valence-electron chi connectivity index (χ4n) is 2.22. The lowest BCUT2D eigenvalue weighted by Gasteiger charge is -2.07. The number of benzene rings is 1. The first-order valence-corrected chi connectivity index (χ1v) is 6.50. The van der Waals surface area contributed by atoms with Crippen LogP contribution in [-0.4, -0.2) is 25.7 Å². The molecule has 2 N–H and O–H groups in total. The van der Waals surface area contributed by atoms with Gasteiger partial charge in [0.05, 0.1) is 6.54 Å². The van der Waals surface area contributed by atoms with Crippen molar-refractivity contribution in [2.45, 2.75) is 20.0 Å². The molecule has 6 heteroatoms. The average molecular weight is 269 g/mol. The number of aromatic nitrogens is 4. The summed E-state index contributed by atoms with van der Waals surface area (Å²) >= 11 is 0. The molecule has 0 aliphatic heterocycles. The van der Waals surface area contributed by atoms with Crippen molar-refractivity contribution in [2.75, 3.05) is 0 Å². The van der Waals surface area contributed by atoms with Crippen molar-refractivity contribution in [3.05, 3.63) is 48.2 Å². The summed E-state index contributed by atoms with van der Waals surface area (Å²) in [5.41, 5.74) is 1.61. The van der Waals surface area contributed by atoms with Crippen molar-refractivity contribution in [1.29, 1.82) is 0 Å². The number of amides is 1. The lowest BCUT2D eigenvalue weighted by molar-refractivity contribution is 0.0951. The van der Waals surface area contributed by atoms with Gasteiger partial charge < -0.3 is 14.9 Å². The molecule has 0 saturated heterocycles. The summed E-state index contributed by atoms with van der Waals surface area (Å²) in [7, 11) is 0. The van der Waals surface area contributed by atoms with Crippen LogP contribution in [-0.2, 0) is 13.1 Å². The summed E-state index contributed by atoms with van der Waals surface area (Å²) in [5.74, 6) is 0.642. The van der Waals surface area contributed by atoms with Crippen LogP contribution < -0.4 is 5.32 Å². The van der Waals surface area contributed by atoms with E-state index in [0.29, 0.717) is 12.1 Å². The van der Waals surface area contributed by atoms with Crippen LogP contribution in [0, 0.1) is 0 Å². The molecular formula is C14H15N5O. The topological polar surface area (TPSA) is 75.6 Å². The number of nitrogens with zero attached hydrogens (tertiary/aromatic N) is 3. The molecule has 20 heavy (non-hydrogen) atoms. The molecule has 0 unspecified atom stereocenters. The molecule has 2 heterocycles. The van der Waals surface area contributed by atoms with E-state index in [1.54, 1.807) is 6.33 Å². The van der Waals surface area contributed by atoms with Crippen molar-refractivity contribution in [3.8, 4) is 0 Å². The molecule has 102 valence electrons. The molecule has 0 fully saturated rings. The molecule has 1 aromatic carbocycles. The maximum atomic E-state index is 12.3. The van der Waals surface area contributed by atoms with Crippen LogP contribution in [0.3, 0.4) is 0 Å². The number of aryl methyl sites for hydroxylation is 1. The van der Waals surface area contributed by atoms with Gasteiger partial charge in [-0.3, -0.25) is 4.79 Å². The van der Waals surface area contributed by atoms with Crippen LogP contribution in [0.15, 0.2) is 36.8 Å². The summed E-state index contributed by atoms with van der Waals surface area (Å²) < 4.78 is 1.90. The molecule has 2 aromatic heterocycles. The van der Waals surface area contributed by atoms with Crippen LogP contribution in [0.2, 0.25) is 0 Å². The molecule has 6 nitrogen and oxygen atoms in total. The molecule has 0 saturated carbocycles. The van der Waals surface area contributed by atoms with Gasteiger partial charge in [-0.25, -0.2) is 0 Å². The van der Waals surface area contributed by atoms with E-state index in [2.05, 4.69) is 20.5 Å². The number of rotatable bonds is 4. The van der Waals surface area contributed by atoms with Gasteiger partial charge in [-0.1, -0.05) is 6.07 Å². The fourth-order valence-corrected chi connectivity index (χ4v) is 2.22. The third kappa shape index (κ3) is 2.16. The highest BCUT2D eigenvalue weighted by molar-refractivity contribution is 6.06. The predicted octanol–water partition coefficient (Wildman–Crippen LogP) is 1.71. The van der Waals surface area contributed by atoms with Crippen LogP contribution in [0.5, 0.6) is 0 Å². The molecule has 0 aliphatic carbocycles. The summed E-state index contributed by atoms with van der Waals surface area (Å²) in [6.07, 6.45) is 3.49. The maximum absolute atomic E-state index is 12.3. The van der Waals surface area contributed by atoms with Crippen molar-refractivity contribution in [3.63, 3.8) is 0 Å². The Morgan fingerprint density at radius 2 is 2.30 bits per heavy atom. The Bertz CT molecular complexity index is 743. The SMILES string of the molecule is CCn1cnnc1CNC(=O)c1cccc2[nH]ccc12. The van der Waals surface area contributed by atoms with Crippen LogP contribution in [0.25, 0.3) is 10.9 Å². The van der Waals surface area contributed by atoms with Gasteiger partial charge in [0.1, 0.15) is 6.33 Å². The Kier molecular flexibility index (Phi) is 3.20. The molecule has 0 bridgehead atoms. The van der Waals surface area contributed by atoms with E-state index in [9.17, 15) is 4.79 Å². The highest BCUT2D eigenvalue weighted by atomic mass is 16.1. The lowest BCUT2D eigenvalue weighted by atomic mass is 10.1.